The molecule has 1 aromatic rings. The van der Waals surface area contributed by atoms with Gasteiger partial charge < -0.3 is 20.7 Å². The highest BCUT2D eigenvalue weighted by Gasteiger charge is 2.18. The van der Waals surface area contributed by atoms with Crippen molar-refractivity contribution in [3.63, 3.8) is 0 Å². The summed E-state index contributed by atoms with van der Waals surface area (Å²) in [6.45, 7) is 7.30. The second-order valence-electron chi connectivity index (χ2n) is 4.57. The zero-order chi connectivity index (χ0) is 13.8. The van der Waals surface area contributed by atoms with Crippen LogP contribution in [0.1, 0.15) is 12.5 Å². The topological polar surface area (TPSA) is 65.1 Å². The fraction of sp³-hybridized carbons (Fsp3) is 0.462. The van der Waals surface area contributed by atoms with Crippen LogP contribution in [0.25, 0.3) is 0 Å². The first-order valence-corrected chi connectivity index (χ1v) is 6.78. The quantitative estimate of drug-likeness (QED) is 0.382. The van der Waals surface area contributed by atoms with Crippen molar-refractivity contribution >= 4 is 23.1 Å². The Morgan fingerprint density at radius 2 is 2.05 bits per heavy atom. The van der Waals surface area contributed by atoms with Crippen molar-refractivity contribution in [2.24, 2.45) is 10.9 Å². The van der Waals surface area contributed by atoms with Gasteiger partial charge in [0.15, 0.2) is 5.84 Å². The molecule has 19 heavy (non-hydrogen) atoms. The van der Waals surface area contributed by atoms with E-state index >= 15 is 0 Å². The van der Waals surface area contributed by atoms with Gasteiger partial charge >= 0.3 is 0 Å². The summed E-state index contributed by atoms with van der Waals surface area (Å²) in [5.74, 6) is 0.0734. The second-order valence-corrected chi connectivity index (χ2v) is 4.98. The molecule has 2 rings (SSSR count). The molecule has 1 aliphatic rings. The van der Waals surface area contributed by atoms with Crippen molar-refractivity contribution in [2.75, 3.05) is 37.6 Å². The molecule has 0 atom stereocenters. The molecular weight excluding hydrogens is 264 g/mol. The predicted molar refractivity (Wildman–Crippen MR) is 78.3 cm³/mol. The highest BCUT2D eigenvalue weighted by atomic mass is 35.5. The van der Waals surface area contributed by atoms with Crippen LogP contribution in [0.15, 0.2) is 23.4 Å². The number of nitrogens with zero attached hydrogens (tertiary/aromatic N) is 3. The number of halogens is 1. The number of rotatable bonds is 3. The molecule has 1 fully saturated rings. The molecule has 0 unspecified atom stereocenters. The molecule has 104 valence electrons. The molecule has 1 heterocycles. The van der Waals surface area contributed by atoms with Gasteiger partial charge in [-0.2, -0.15) is 0 Å². The number of amidine groups is 1. The van der Waals surface area contributed by atoms with E-state index < -0.39 is 0 Å². The SMILES string of the molecule is CCN1CCN(c2ccc(C(N)=NO)cc2Cl)CC1. The van der Waals surface area contributed by atoms with Gasteiger partial charge in [-0.15, -0.1) is 0 Å². The molecule has 6 heteroatoms. The molecule has 1 saturated heterocycles. The Morgan fingerprint density at radius 3 is 2.58 bits per heavy atom. The van der Waals surface area contributed by atoms with Crippen molar-refractivity contribution in [3.8, 4) is 0 Å². The maximum absolute atomic E-state index is 8.66. The highest BCUT2D eigenvalue weighted by Crippen LogP contribution is 2.27. The van der Waals surface area contributed by atoms with Crippen molar-refractivity contribution in [3.05, 3.63) is 28.8 Å². The molecule has 0 spiro atoms. The summed E-state index contributed by atoms with van der Waals surface area (Å²) < 4.78 is 0. The molecular formula is C13H19ClN4O. The van der Waals surface area contributed by atoms with Gasteiger partial charge in [-0.25, -0.2) is 0 Å². The third-order valence-corrected chi connectivity index (χ3v) is 3.81. The van der Waals surface area contributed by atoms with Crippen LogP contribution in [0.4, 0.5) is 5.69 Å². The molecule has 0 aromatic heterocycles. The van der Waals surface area contributed by atoms with Gasteiger partial charge in [-0.1, -0.05) is 23.7 Å². The normalized spacial score (nSPS) is 17.8. The van der Waals surface area contributed by atoms with Crippen LogP contribution < -0.4 is 10.6 Å². The van der Waals surface area contributed by atoms with Crippen LogP contribution in [0.2, 0.25) is 5.02 Å². The van der Waals surface area contributed by atoms with Crippen LogP contribution in [0.5, 0.6) is 0 Å². The third-order valence-electron chi connectivity index (χ3n) is 3.51. The largest absolute Gasteiger partial charge is 0.409 e. The fourth-order valence-electron chi connectivity index (χ4n) is 2.29. The molecule has 5 nitrogen and oxygen atoms in total. The summed E-state index contributed by atoms with van der Waals surface area (Å²) in [7, 11) is 0. The number of piperazine rings is 1. The summed E-state index contributed by atoms with van der Waals surface area (Å²) in [5.41, 5.74) is 7.18. The molecule has 0 amide bonds. The van der Waals surface area contributed by atoms with Gasteiger partial charge in [0.1, 0.15) is 0 Å². The minimum Gasteiger partial charge on any atom is -0.409 e. The fourth-order valence-corrected chi connectivity index (χ4v) is 2.59. The van der Waals surface area contributed by atoms with Gasteiger partial charge in [0.25, 0.3) is 0 Å². The molecule has 1 aromatic carbocycles. The van der Waals surface area contributed by atoms with Crippen molar-refractivity contribution in [1.29, 1.82) is 0 Å². The monoisotopic (exact) mass is 282 g/mol. The first-order chi connectivity index (χ1) is 9.15. The number of likely N-dealkylation sites (N-methyl/N-ethyl adjacent to an activating group) is 1. The Labute approximate surface area is 118 Å². The van der Waals surface area contributed by atoms with Crippen molar-refractivity contribution in [1.82, 2.24) is 4.90 Å². The first kappa shape index (κ1) is 14.0. The van der Waals surface area contributed by atoms with Crippen LogP contribution in [-0.2, 0) is 0 Å². The maximum atomic E-state index is 8.66. The van der Waals surface area contributed by atoms with Crippen molar-refractivity contribution < 1.29 is 5.21 Å². The van der Waals surface area contributed by atoms with E-state index in [2.05, 4.69) is 21.9 Å². The number of anilines is 1. The zero-order valence-electron chi connectivity index (χ0n) is 11.0. The molecule has 0 aliphatic carbocycles. The van der Waals surface area contributed by atoms with Gasteiger partial charge in [-0.05, 0) is 24.7 Å². The molecule has 0 bridgehead atoms. The van der Waals surface area contributed by atoms with E-state index in [0.29, 0.717) is 10.6 Å². The Balaban J connectivity index is 2.14. The number of oxime groups is 1. The predicted octanol–water partition coefficient (Wildman–Crippen LogP) is 1.58. The Bertz CT molecular complexity index is 470. The van der Waals surface area contributed by atoms with E-state index in [4.69, 9.17) is 22.5 Å². The number of hydrogen-bond acceptors (Lipinski definition) is 4. The minimum atomic E-state index is 0.0734. The van der Waals surface area contributed by atoms with Gasteiger partial charge in [0, 0.05) is 31.7 Å². The van der Waals surface area contributed by atoms with Gasteiger partial charge in [0.2, 0.25) is 0 Å². The van der Waals surface area contributed by atoms with E-state index in [1.165, 1.54) is 0 Å². The van der Waals surface area contributed by atoms with E-state index in [1.807, 2.05) is 12.1 Å². The summed E-state index contributed by atoms with van der Waals surface area (Å²) in [6, 6.07) is 5.48. The molecule has 1 aliphatic heterocycles. The Morgan fingerprint density at radius 1 is 1.37 bits per heavy atom. The van der Waals surface area contributed by atoms with Crippen LogP contribution in [0.3, 0.4) is 0 Å². The number of benzene rings is 1. The van der Waals surface area contributed by atoms with Gasteiger partial charge in [-0.3, -0.25) is 0 Å². The minimum absolute atomic E-state index is 0.0734. The van der Waals surface area contributed by atoms with E-state index in [-0.39, 0.29) is 5.84 Å². The average Bonchev–Trinajstić information content (AvgIpc) is 2.46. The summed E-state index contributed by atoms with van der Waals surface area (Å²) >= 11 is 6.29. The van der Waals surface area contributed by atoms with Crippen LogP contribution in [0, 0.1) is 0 Å². The van der Waals surface area contributed by atoms with E-state index in [9.17, 15) is 0 Å². The Kier molecular flexibility index (Phi) is 4.50. The van der Waals surface area contributed by atoms with Crippen LogP contribution >= 0.6 is 11.6 Å². The van der Waals surface area contributed by atoms with Crippen LogP contribution in [-0.4, -0.2) is 48.7 Å². The lowest BCUT2D eigenvalue weighted by Gasteiger charge is -2.36. The second kappa shape index (κ2) is 6.12. The number of hydrogen-bond donors (Lipinski definition) is 2. The van der Waals surface area contributed by atoms with Crippen molar-refractivity contribution in [2.45, 2.75) is 6.92 Å². The zero-order valence-corrected chi connectivity index (χ0v) is 11.8. The first-order valence-electron chi connectivity index (χ1n) is 6.40. The lowest BCUT2D eigenvalue weighted by Crippen LogP contribution is -2.46. The summed E-state index contributed by atoms with van der Waals surface area (Å²) in [6.07, 6.45) is 0. The average molecular weight is 283 g/mol. The smallest absolute Gasteiger partial charge is 0.170 e. The van der Waals surface area contributed by atoms with E-state index in [1.54, 1.807) is 6.07 Å². The Hall–Kier alpha value is -1.46. The lowest BCUT2D eigenvalue weighted by molar-refractivity contribution is 0.271. The molecule has 0 radical (unpaired) electrons. The summed E-state index contributed by atoms with van der Waals surface area (Å²) in [5, 5.41) is 12.3. The standard InChI is InChI=1S/C13H19ClN4O/c1-2-17-5-7-18(8-6-17)12-4-3-10(9-11(12)14)13(15)16-19/h3-4,9,19H,2,5-8H2,1H3,(H2,15,16). The third kappa shape index (κ3) is 3.11. The maximum Gasteiger partial charge on any atom is 0.170 e. The molecule has 0 saturated carbocycles. The highest BCUT2D eigenvalue weighted by molar-refractivity contribution is 6.33. The lowest BCUT2D eigenvalue weighted by atomic mass is 10.1. The van der Waals surface area contributed by atoms with E-state index in [0.717, 1.165) is 38.4 Å². The molecule has 3 N–H and O–H groups in total. The number of nitrogens with two attached hydrogens (primary N) is 1. The summed E-state index contributed by atoms with van der Waals surface area (Å²) in [4.78, 5) is 4.68. The van der Waals surface area contributed by atoms with Gasteiger partial charge in [0.05, 0.1) is 10.7 Å².